The highest BCUT2D eigenvalue weighted by molar-refractivity contribution is 7.60. The second-order valence-corrected chi connectivity index (χ2v) is 8.67. The van der Waals surface area contributed by atoms with Crippen molar-refractivity contribution in [3.05, 3.63) is 0 Å². The Bertz CT molecular complexity index is 412. The molecule has 0 saturated heterocycles. The molecule has 0 aliphatic rings. The molecule has 1 N–H and O–H groups in total. The van der Waals surface area contributed by atoms with E-state index < -0.39 is 25.2 Å². The number of esters is 1. The summed E-state index contributed by atoms with van der Waals surface area (Å²) in [5.74, 6) is -0.673. The van der Waals surface area contributed by atoms with Gasteiger partial charge >= 0.3 is 5.97 Å². The number of nitrogens with one attached hydrogen (secondary N) is 1. The summed E-state index contributed by atoms with van der Waals surface area (Å²) in [5.41, 5.74) is 0. The predicted molar refractivity (Wildman–Crippen MR) is 98.7 cm³/mol. The summed E-state index contributed by atoms with van der Waals surface area (Å²) in [5, 5.41) is 3.19. The Hall–Kier alpha value is -0.460. The first-order chi connectivity index (χ1) is 11.8. The van der Waals surface area contributed by atoms with Gasteiger partial charge in [0.25, 0.3) is 7.37 Å². The zero-order chi connectivity index (χ0) is 19.5. The summed E-state index contributed by atoms with van der Waals surface area (Å²) in [4.78, 5) is 12.1. The monoisotopic (exact) mass is 381 g/mol. The van der Waals surface area contributed by atoms with E-state index in [2.05, 4.69) is 5.32 Å². The average Bonchev–Trinajstić information content (AvgIpc) is 2.57. The number of carbonyl (C=O) groups is 1. The second kappa shape index (κ2) is 12.8. The lowest BCUT2D eigenvalue weighted by atomic mass is 10.0. The van der Waals surface area contributed by atoms with Crippen LogP contribution in [0, 0.1) is 5.92 Å². The van der Waals surface area contributed by atoms with Crippen molar-refractivity contribution in [2.45, 2.75) is 72.2 Å². The van der Waals surface area contributed by atoms with Crippen LogP contribution in [0.2, 0.25) is 0 Å². The van der Waals surface area contributed by atoms with Gasteiger partial charge in [0, 0.05) is 13.2 Å². The SMILES string of the molecule is CCOC(OCC)[P@@](=O)(OCC)[C@H](CC)N[C@@H](CC(C)C)C(=O)OC. The van der Waals surface area contributed by atoms with Gasteiger partial charge in [0.05, 0.1) is 19.5 Å². The number of hydrogen-bond acceptors (Lipinski definition) is 7. The van der Waals surface area contributed by atoms with E-state index in [0.29, 0.717) is 26.1 Å². The second-order valence-electron chi connectivity index (χ2n) is 6.08. The zero-order valence-corrected chi connectivity index (χ0v) is 17.6. The van der Waals surface area contributed by atoms with Crippen LogP contribution in [0.4, 0.5) is 0 Å². The molecule has 0 unspecified atom stereocenters. The lowest BCUT2D eigenvalue weighted by molar-refractivity contribution is -0.143. The number of ether oxygens (including phenoxy) is 3. The molecule has 0 aliphatic carbocycles. The minimum absolute atomic E-state index is 0.263. The number of methoxy groups -OCH3 is 1. The van der Waals surface area contributed by atoms with Gasteiger partial charge in [0.2, 0.25) is 6.03 Å². The van der Waals surface area contributed by atoms with Crippen molar-refractivity contribution >= 4 is 13.3 Å². The maximum absolute atomic E-state index is 13.7. The molecule has 0 amide bonds. The third-order valence-corrected chi connectivity index (χ3v) is 6.58. The summed E-state index contributed by atoms with van der Waals surface area (Å²) in [6, 6.07) is -1.52. The Morgan fingerprint density at radius 2 is 1.60 bits per heavy atom. The van der Waals surface area contributed by atoms with Crippen LogP contribution in [-0.2, 0) is 28.1 Å². The summed E-state index contributed by atoms with van der Waals surface area (Å²) >= 11 is 0. The molecular weight excluding hydrogens is 345 g/mol. The molecule has 8 heteroatoms. The van der Waals surface area contributed by atoms with Gasteiger partial charge in [-0.15, -0.1) is 0 Å². The van der Waals surface area contributed by atoms with Gasteiger partial charge in [-0.05, 0) is 39.5 Å². The van der Waals surface area contributed by atoms with E-state index in [9.17, 15) is 9.36 Å². The van der Waals surface area contributed by atoms with Crippen LogP contribution in [-0.4, -0.2) is 50.8 Å². The quantitative estimate of drug-likeness (QED) is 0.280. The lowest BCUT2D eigenvalue weighted by Gasteiger charge is -2.34. The highest BCUT2D eigenvalue weighted by Gasteiger charge is 2.44. The van der Waals surface area contributed by atoms with E-state index in [1.54, 1.807) is 6.92 Å². The van der Waals surface area contributed by atoms with Crippen LogP contribution in [0.1, 0.15) is 54.4 Å². The van der Waals surface area contributed by atoms with Gasteiger partial charge in [-0.25, -0.2) is 0 Å². The molecule has 0 heterocycles. The van der Waals surface area contributed by atoms with E-state index in [-0.39, 0.29) is 18.5 Å². The van der Waals surface area contributed by atoms with Crippen LogP contribution < -0.4 is 5.32 Å². The average molecular weight is 381 g/mol. The first-order valence-corrected chi connectivity index (χ1v) is 10.9. The lowest BCUT2D eigenvalue weighted by Crippen LogP contribution is -2.46. The Labute approximate surface area is 152 Å². The summed E-state index contributed by atoms with van der Waals surface area (Å²) in [7, 11) is -2.03. The normalized spacial score (nSPS) is 16.7. The van der Waals surface area contributed by atoms with Crippen molar-refractivity contribution in [1.82, 2.24) is 5.32 Å². The molecular formula is C17H36NO6P. The summed E-state index contributed by atoms with van der Waals surface area (Å²) in [6.07, 6.45) is 1.07. The fourth-order valence-electron chi connectivity index (χ4n) is 2.60. The Morgan fingerprint density at radius 3 is 1.96 bits per heavy atom. The van der Waals surface area contributed by atoms with Crippen molar-refractivity contribution in [3.63, 3.8) is 0 Å². The van der Waals surface area contributed by atoms with Gasteiger partial charge < -0.3 is 18.7 Å². The van der Waals surface area contributed by atoms with Crippen LogP contribution in [0.5, 0.6) is 0 Å². The number of hydrogen-bond donors (Lipinski definition) is 1. The first kappa shape index (κ1) is 24.5. The van der Waals surface area contributed by atoms with E-state index in [1.165, 1.54) is 7.11 Å². The number of carbonyl (C=O) groups excluding carboxylic acids is 1. The maximum Gasteiger partial charge on any atom is 0.322 e. The molecule has 0 spiro atoms. The summed E-state index contributed by atoms with van der Waals surface area (Å²) in [6.45, 7) is 12.3. The van der Waals surface area contributed by atoms with Crippen LogP contribution in [0.25, 0.3) is 0 Å². The van der Waals surface area contributed by atoms with E-state index in [0.717, 1.165) is 0 Å². The van der Waals surface area contributed by atoms with Crippen molar-refractivity contribution in [2.24, 2.45) is 5.92 Å². The fourth-order valence-corrected chi connectivity index (χ4v) is 5.20. The minimum atomic E-state index is -3.38. The standard InChI is InChI=1S/C17H36NO6P/c1-8-15(18-14(12-13(5)6)16(19)21-7)25(20,24-11-4)17(22-9-2)23-10-3/h13-15,17-18H,8-12H2,1-7H3/t14-,15+,25-/m0/s1. The van der Waals surface area contributed by atoms with Gasteiger partial charge in [0.1, 0.15) is 6.04 Å². The predicted octanol–water partition coefficient (Wildman–Crippen LogP) is 3.57. The van der Waals surface area contributed by atoms with Gasteiger partial charge in [-0.3, -0.25) is 14.7 Å². The molecule has 0 aromatic rings. The largest absolute Gasteiger partial charge is 0.468 e. The highest BCUT2D eigenvalue weighted by Crippen LogP contribution is 2.57. The molecule has 3 atom stereocenters. The van der Waals surface area contributed by atoms with Crippen molar-refractivity contribution < 1.29 is 28.1 Å². The van der Waals surface area contributed by atoms with E-state index >= 15 is 0 Å². The maximum atomic E-state index is 13.7. The van der Waals surface area contributed by atoms with Crippen molar-refractivity contribution in [1.29, 1.82) is 0 Å². The fraction of sp³-hybridized carbons (Fsp3) is 0.941. The molecule has 150 valence electrons. The summed E-state index contributed by atoms with van der Waals surface area (Å²) < 4.78 is 35.4. The smallest absolute Gasteiger partial charge is 0.322 e. The van der Waals surface area contributed by atoms with E-state index in [1.807, 2.05) is 34.6 Å². The van der Waals surface area contributed by atoms with Crippen molar-refractivity contribution in [3.8, 4) is 0 Å². The molecule has 0 fully saturated rings. The molecule has 0 rings (SSSR count). The molecule has 0 radical (unpaired) electrons. The molecule has 0 aromatic heterocycles. The molecule has 25 heavy (non-hydrogen) atoms. The molecule has 7 nitrogen and oxygen atoms in total. The van der Waals surface area contributed by atoms with Crippen LogP contribution >= 0.6 is 7.37 Å². The molecule has 0 aromatic carbocycles. The Morgan fingerprint density at radius 1 is 1.04 bits per heavy atom. The molecule has 0 aliphatic heterocycles. The van der Waals surface area contributed by atoms with Crippen LogP contribution in [0.15, 0.2) is 0 Å². The minimum Gasteiger partial charge on any atom is -0.468 e. The van der Waals surface area contributed by atoms with Crippen LogP contribution in [0.3, 0.4) is 0 Å². The van der Waals surface area contributed by atoms with Gasteiger partial charge in [0.15, 0.2) is 0 Å². The van der Waals surface area contributed by atoms with Crippen molar-refractivity contribution in [2.75, 3.05) is 26.9 Å². The first-order valence-electron chi connectivity index (χ1n) is 9.11. The van der Waals surface area contributed by atoms with Gasteiger partial charge in [-0.2, -0.15) is 0 Å². The highest BCUT2D eigenvalue weighted by atomic mass is 31.2. The Balaban J connectivity index is 5.60. The topological polar surface area (TPSA) is 83.1 Å². The molecule has 0 saturated carbocycles. The zero-order valence-electron chi connectivity index (χ0n) is 16.7. The number of rotatable bonds is 14. The van der Waals surface area contributed by atoms with E-state index in [4.69, 9.17) is 18.7 Å². The third-order valence-electron chi connectivity index (χ3n) is 3.65. The third kappa shape index (κ3) is 7.75. The van der Waals surface area contributed by atoms with Gasteiger partial charge in [-0.1, -0.05) is 20.8 Å². The molecule has 0 bridgehead atoms. The Kier molecular flexibility index (Phi) is 12.6.